The summed E-state index contributed by atoms with van der Waals surface area (Å²) in [7, 11) is 1.79. The first-order valence-electron chi connectivity index (χ1n) is 6.69. The lowest BCUT2D eigenvalue weighted by atomic mass is 10.1. The number of likely N-dealkylation sites (N-methyl/N-ethyl adjacent to an activating group) is 1. The number of carbonyl (C=O) groups excluding carboxylic acids is 1. The second-order valence-corrected chi connectivity index (χ2v) is 5.07. The third-order valence-corrected chi connectivity index (χ3v) is 3.73. The number of amides is 1. The normalized spacial score (nSPS) is 20.1. The van der Waals surface area contributed by atoms with Crippen LogP contribution < -0.4 is 15.0 Å². The van der Waals surface area contributed by atoms with Crippen LogP contribution in [0.3, 0.4) is 0 Å². The summed E-state index contributed by atoms with van der Waals surface area (Å²) >= 11 is 0. The Morgan fingerprint density at radius 1 is 1.32 bits per heavy atom. The highest BCUT2D eigenvalue weighted by Gasteiger charge is 2.22. The zero-order valence-corrected chi connectivity index (χ0v) is 11.2. The van der Waals surface area contributed by atoms with Gasteiger partial charge in [0, 0.05) is 39.8 Å². The number of anilines is 1. The van der Waals surface area contributed by atoms with Crippen LogP contribution in [0.4, 0.5) is 5.69 Å². The highest BCUT2D eigenvalue weighted by atomic mass is 16.5. The standard InChI is InChI=1S/C14H19N3O2/c1-16-12-3-2-11(8-13(12)19-10-14(16)18)9-17-6-4-15-5-7-17/h2-3,8,15H,4-7,9-10H2,1H3. The maximum atomic E-state index is 11.5. The van der Waals surface area contributed by atoms with Crippen molar-refractivity contribution in [2.24, 2.45) is 0 Å². The lowest BCUT2D eigenvalue weighted by Gasteiger charge is -2.29. The molecule has 0 atom stereocenters. The van der Waals surface area contributed by atoms with Gasteiger partial charge in [-0.25, -0.2) is 0 Å². The van der Waals surface area contributed by atoms with Gasteiger partial charge in [-0.1, -0.05) is 6.07 Å². The van der Waals surface area contributed by atoms with E-state index in [-0.39, 0.29) is 12.5 Å². The molecule has 1 aromatic rings. The van der Waals surface area contributed by atoms with Gasteiger partial charge in [-0.15, -0.1) is 0 Å². The number of nitrogens with zero attached hydrogens (tertiary/aromatic N) is 2. The van der Waals surface area contributed by atoms with Crippen LogP contribution in [0.1, 0.15) is 5.56 Å². The van der Waals surface area contributed by atoms with Crippen molar-refractivity contribution >= 4 is 11.6 Å². The minimum absolute atomic E-state index is 0.00218. The number of rotatable bonds is 2. The third kappa shape index (κ3) is 2.57. The van der Waals surface area contributed by atoms with Crippen LogP contribution in [0.25, 0.3) is 0 Å². The quantitative estimate of drug-likeness (QED) is 0.839. The van der Waals surface area contributed by atoms with Crippen molar-refractivity contribution in [3.05, 3.63) is 23.8 Å². The summed E-state index contributed by atoms with van der Waals surface area (Å²) in [6.45, 7) is 5.35. The monoisotopic (exact) mass is 261 g/mol. The highest BCUT2D eigenvalue weighted by Crippen LogP contribution is 2.32. The van der Waals surface area contributed by atoms with E-state index in [0.29, 0.717) is 0 Å². The first-order valence-corrected chi connectivity index (χ1v) is 6.69. The Morgan fingerprint density at radius 3 is 2.89 bits per heavy atom. The van der Waals surface area contributed by atoms with Crippen molar-refractivity contribution in [2.75, 3.05) is 44.7 Å². The summed E-state index contributed by atoms with van der Waals surface area (Å²) in [5.41, 5.74) is 2.10. The molecular formula is C14H19N3O2. The van der Waals surface area contributed by atoms with E-state index >= 15 is 0 Å². The summed E-state index contributed by atoms with van der Waals surface area (Å²) in [5.74, 6) is 0.817. The second-order valence-electron chi connectivity index (χ2n) is 5.07. The van der Waals surface area contributed by atoms with Gasteiger partial charge in [0.25, 0.3) is 5.91 Å². The Morgan fingerprint density at radius 2 is 2.11 bits per heavy atom. The van der Waals surface area contributed by atoms with Crippen LogP contribution in [0.5, 0.6) is 5.75 Å². The van der Waals surface area contributed by atoms with Crippen LogP contribution >= 0.6 is 0 Å². The SMILES string of the molecule is CN1C(=O)COc2cc(CN3CCNCC3)ccc21. The minimum atomic E-state index is 0.00218. The molecule has 0 saturated carbocycles. The van der Waals surface area contributed by atoms with E-state index in [2.05, 4.69) is 22.3 Å². The van der Waals surface area contributed by atoms with Gasteiger partial charge < -0.3 is 15.0 Å². The van der Waals surface area contributed by atoms with Gasteiger partial charge in [-0.2, -0.15) is 0 Å². The molecule has 2 heterocycles. The molecule has 5 heteroatoms. The molecule has 0 spiro atoms. The maximum absolute atomic E-state index is 11.5. The number of nitrogens with one attached hydrogen (secondary N) is 1. The van der Waals surface area contributed by atoms with Crippen LogP contribution in [0, 0.1) is 0 Å². The van der Waals surface area contributed by atoms with E-state index in [1.165, 1.54) is 5.56 Å². The van der Waals surface area contributed by atoms with Gasteiger partial charge in [0.1, 0.15) is 5.75 Å². The van der Waals surface area contributed by atoms with Gasteiger partial charge >= 0.3 is 0 Å². The molecule has 2 aliphatic heterocycles. The molecule has 0 unspecified atom stereocenters. The van der Waals surface area contributed by atoms with Crippen molar-refractivity contribution in [1.29, 1.82) is 0 Å². The van der Waals surface area contributed by atoms with Crippen molar-refractivity contribution in [1.82, 2.24) is 10.2 Å². The molecular weight excluding hydrogens is 242 g/mol. The van der Waals surface area contributed by atoms with E-state index in [1.807, 2.05) is 6.07 Å². The van der Waals surface area contributed by atoms with E-state index in [0.717, 1.165) is 44.2 Å². The number of benzene rings is 1. The zero-order valence-electron chi connectivity index (χ0n) is 11.2. The van der Waals surface area contributed by atoms with Gasteiger partial charge in [0.05, 0.1) is 5.69 Å². The highest BCUT2D eigenvalue weighted by molar-refractivity contribution is 5.97. The third-order valence-electron chi connectivity index (χ3n) is 3.73. The van der Waals surface area contributed by atoms with E-state index in [9.17, 15) is 4.79 Å². The lowest BCUT2D eigenvalue weighted by Crippen LogP contribution is -2.42. The average molecular weight is 261 g/mol. The summed E-state index contributed by atoms with van der Waals surface area (Å²) in [6, 6.07) is 6.11. The molecule has 1 fully saturated rings. The van der Waals surface area contributed by atoms with E-state index < -0.39 is 0 Å². The van der Waals surface area contributed by atoms with Gasteiger partial charge in [-0.3, -0.25) is 9.69 Å². The van der Waals surface area contributed by atoms with Gasteiger partial charge in [0.15, 0.2) is 6.61 Å². The summed E-state index contributed by atoms with van der Waals surface area (Å²) < 4.78 is 5.51. The predicted octanol–water partition coefficient (Wildman–Crippen LogP) is 0.447. The van der Waals surface area contributed by atoms with Crippen molar-refractivity contribution in [3.63, 3.8) is 0 Å². The number of hydrogen-bond acceptors (Lipinski definition) is 4. The molecule has 0 aliphatic carbocycles. The van der Waals surface area contributed by atoms with Gasteiger partial charge in [0.2, 0.25) is 0 Å². The molecule has 19 heavy (non-hydrogen) atoms. The maximum Gasteiger partial charge on any atom is 0.264 e. The largest absolute Gasteiger partial charge is 0.482 e. The number of carbonyl (C=O) groups is 1. The number of hydrogen-bond donors (Lipinski definition) is 1. The Bertz CT molecular complexity index is 484. The first kappa shape index (κ1) is 12.4. The molecule has 3 rings (SSSR count). The number of fused-ring (bicyclic) bond motifs is 1. The zero-order chi connectivity index (χ0) is 13.2. The molecule has 0 aromatic heterocycles. The lowest BCUT2D eigenvalue weighted by molar-refractivity contribution is -0.120. The minimum Gasteiger partial charge on any atom is -0.482 e. The van der Waals surface area contributed by atoms with Crippen LogP contribution in [-0.4, -0.2) is 50.6 Å². The average Bonchev–Trinajstić information content (AvgIpc) is 2.44. The van der Waals surface area contributed by atoms with E-state index in [1.54, 1.807) is 11.9 Å². The number of ether oxygens (including phenoxy) is 1. The van der Waals surface area contributed by atoms with Crippen molar-refractivity contribution < 1.29 is 9.53 Å². The number of piperazine rings is 1. The molecule has 2 aliphatic rings. The van der Waals surface area contributed by atoms with Crippen LogP contribution in [0.15, 0.2) is 18.2 Å². The summed E-state index contributed by atoms with van der Waals surface area (Å²) in [6.07, 6.45) is 0. The fourth-order valence-electron chi connectivity index (χ4n) is 2.55. The molecule has 1 N–H and O–H groups in total. The molecule has 0 radical (unpaired) electrons. The molecule has 5 nitrogen and oxygen atoms in total. The van der Waals surface area contributed by atoms with Crippen LogP contribution in [0.2, 0.25) is 0 Å². The Hall–Kier alpha value is -1.59. The summed E-state index contributed by atoms with van der Waals surface area (Å²) in [5, 5.41) is 3.35. The Balaban J connectivity index is 1.76. The summed E-state index contributed by atoms with van der Waals surface area (Å²) in [4.78, 5) is 15.6. The molecule has 102 valence electrons. The molecule has 1 amide bonds. The fraction of sp³-hybridized carbons (Fsp3) is 0.500. The molecule has 1 aromatic carbocycles. The van der Waals surface area contributed by atoms with E-state index in [4.69, 9.17) is 4.74 Å². The van der Waals surface area contributed by atoms with Crippen molar-refractivity contribution in [2.45, 2.75) is 6.54 Å². The Kier molecular flexibility index (Phi) is 3.40. The van der Waals surface area contributed by atoms with Gasteiger partial charge in [-0.05, 0) is 17.7 Å². The topological polar surface area (TPSA) is 44.8 Å². The first-order chi connectivity index (χ1) is 9.24. The molecule has 0 bridgehead atoms. The Labute approximate surface area is 113 Å². The van der Waals surface area contributed by atoms with Crippen molar-refractivity contribution in [3.8, 4) is 5.75 Å². The fourth-order valence-corrected chi connectivity index (χ4v) is 2.55. The van der Waals surface area contributed by atoms with Crippen LogP contribution in [-0.2, 0) is 11.3 Å². The smallest absolute Gasteiger partial charge is 0.264 e. The second kappa shape index (κ2) is 5.19. The predicted molar refractivity (Wildman–Crippen MR) is 73.5 cm³/mol. The molecule has 1 saturated heterocycles.